The molecule has 0 aliphatic rings. The summed E-state index contributed by atoms with van der Waals surface area (Å²) in [5.41, 5.74) is 6.12. The molecule has 35 heavy (non-hydrogen) atoms. The van der Waals surface area contributed by atoms with Crippen molar-refractivity contribution in [1.82, 2.24) is 15.6 Å². The SMILES string of the molecule is CCOc1ccc(-c2cc(C(=O)N/N=C/c3ccc(OC)c(OCc4ccccc4)c3)[nH]n2)cc1. The van der Waals surface area contributed by atoms with Crippen LogP contribution in [0.2, 0.25) is 0 Å². The maximum absolute atomic E-state index is 12.5. The van der Waals surface area contributed by atoms with Gasteiger partial charge in [0, 0.05) is 5.56 Å². The highest BCUT2D eigenvalue weighted by Crippen LogP contribution is 2.28. The van der Waals surface area contributed by atoms with Crippen molar-refractivity contribution in [3.63, 3.8) is 0 Å². The van der Waals surface area contributed by atoms with Gasteiger partial charge in [0.1, 0.15) is 18.1 Å². The Labute approximate surface area is 203 Å². The Morgan fingerprint density at radius 3 is 2.54 bits per heavy atom. The van der Waals surface area contributed by atoms with Crippen LogP contribution in [0.15, 0.2) is 84.0 Å². The van der Waals surface area contributed by atoms with Crippen molar-refractivity contribution < 1.29 is 19.0 Å². The highest BCUT2D eigenvalue weighted by molar-refractivity contribution is 5.94. The smallest absolute Gasteiger partial charge is 0.289 e. The van der Waals surface area contributed by atoms with Crippen LogP contribution in [0.5, 0.6) is 17.2 Å². The standard InChI is InChI=1S/C27H26N4O4/c1-3-34-22-12-10-21(11-13-22)23-16-24(30-29-23)27(32)31-28-17-20-9-14-25(33-2)26(15-20)35-18-19-7-5-4-6-8-19/h4-17H,3,18H2,1-2H3,(H,29,30)(H,31,32)/b28-17+. The summed E-state index contributed by atoms with van der Waals surface area (Å²) in [7, 11) is 1.59. The van der Waals surface area contributed by atoms with Gasteiger partial charge in [-0.2, -0.15) is 10.2 Å². The van der Waals surface area contributed by atoms with Crippen molar-refractivity contribution in [2.45, 2.75) is 13.5 Å². The predicted octanol–water partition coefficient (Wildman–Crippen LogP) is 4.83. The Kier molecular flexibility index (Phi) is 7.75. The molecule has 0 saturated carbocycles. The largest absolute Gasteiger partial charge is 0.494 e. The predicted molar refractivity (Wildman–Crippen MR) is 134 cm³/mol. The average molecular weight is 471 g/mol. The van der Waals surface area contributed by atoms with Gasteiger partial charge in [-0.15, -0.1) is 0 Å². The molecule has 2 N–H and O–H groups in total. The molecule has 0 atom stereocenters. The Morgan fingerprint density at radius 1 is 1.00 bits per heavy atom. The van der Waals surface area contributed by atoms with Crippen molar-refractivity contribution in [2.75, 3.05) is 13.7 Å². The second-order valence-electron chi connectivity index (χ2n) is 7.51. The fraction of sp³-hybridized carbons (Fsp3) is 0.148. The lowest BCUT2D eigenvalue weighted by molar-refractivity contribution is 0.0950. The minimum Gasteiger partial charge on any atom is -0.494 e. The number of carbonyl (C=O) groups excluding carboxylic acids is 1. The van der Waals surface area contributed by atoms with Crippen molar-refractivity contribution in [2.24, 2.45) is 5.10 Å². The molecule has 8 nitrogen and oxygen atoms in total. The third-order valence-electron chi connectivity index (χ3n) is 5.09. The van der Waals surface area contributed by atoms with Gasteiger partial charge in [-0.3, -0.25) is 9.89 Å². The molecule has 1 amide bonds. The number of nitrogens with one attached hydrogen (secondary N) is 2. The molecule has 4 rings (SSSR count). The third-order valence-corrected chi connectivity index (χ3v) is 5.09. The molecule has 0 unspecified atom stereocenters. The molecule has 0 saturated heterocycles. The minimum atomic E-state index is -0.403. The normalized spacial score (nSPS) is 10.8. The number of hydrogen-bond donors (Lipinski definition) is 2. The zero-order valence-electron chi connectivity index (χ0n) is 19.5. The summed E-state index contributed by atoms with van der Waals surface area (Å²) in [6, 6.07) is 24.5. The topological polar surface area (TPSA) is 97.8 Å². The van der Waals surface area contributed by atoms with Gasteiger partial charge < -0.3 is 14.2 Å². The second-order valence-corrected chi connectivity index (χ2v) is 7.51. The van der Waals surface area contributed by atoms with E-state index in [1.54, 1.807) is 25.3 Å². The van der Waals surface area contributed by atoms with Crippen LogP contribution in [0.25, 0.3) is 11.3 Å². The van der Waals surface area contributed by atoms with E-state index in [1.165, 1.54) is 6.21 Å². The lowest BCUT2D eigenvalue weighted by atomic mass is 10.1. The summed E-state index contributed by atoms with van der Waals surface area (Å²) in [6.07, 6.45) is 1.54. The molecule has 0 fully saturated rings. The molecule has 178 valence electrons. The third kappa shape index (κ3) is 6.26. The van der Waals surface area contributed by atoms with E-state index >= 15 is 0 Å². The van der Waals surface area contributed by atoms with E-state index in [-0.39, 0.29) is 0 Å². The molecular formula is C27H26N4O4. The summed E-state index contributed by atoms with van der Waals surface area (Å²) in [5, 5.41) is 11.0. The van der Waals surface area contributed by atoms with Crippen molar-refractivity contribution >= 4 is 12.1 Å². The number of aromatic amines is 1. The molecule has 0 aliphatic carbocycles. The van der Waals surface area contributed by atoms with E-state index in [0.29, 0.717) is 36.1 Å². The van der Waals surface area contributed by atoms with Gasteiger partial charge in [0.25, 0.3) is 5.91 Å². The second kappa shape index (κ2) is 11.5. The number of benzene rings is 3. The van der Waals surface area contributed by atoms with Crippen LogP contribution in [-0.2, 0) is 6.61 Å². The van der Waals surface area contributed by atoms with Gasteiger partial charge >= 0.3 is 0 Å². The summed E-state index contributed by atoms with van der Waals surface area (Å²) in [4.78, 5) is 12.5. The quantitative estimate of drug-likeness (QED) is 0.256. The number of methoxy groups -OCH3 is 1. The zero-order chi connectivity index (χ0) is 24.5. The van der Waals surface area contributed by atoms with Gasteiger partial charge in [-0.1, -0.05) is 30.3 Å². The van der Waals surface area contributed by atoms with Crippen LogP contribution in [0.1, 0.15) is 28.5 Å². The van der Waals surface area contributed by atoms with Gasteiger partial charge in [0.05, 0.1) is 25.6 Å². The number of amides is 1. The Morgan fingerprint density at radius 2 is 1.80 bits per heavy atom. The van der Waals surface area contributed by atoms with Crippen molar-refractivity contribution in [3.05, 3.63) is 95.7 Å². The first-order chi connectivity index (χ1) is 17.2. The van der Waals surface area contributed by atoms with E-state index in [1.807, 2.05) is 67.6 Å². The van der Waals surface area contributed by atoms with E-state index in [4.69, 9.17) is 14.2 Å². The zero-order valence-corrected chi connectivity index (χ0v) is 19.5. The van der Waals surface area contributed by atoms with Gasteiger partial charge in [0.2, 0.25) is 0 Å². The molecule has 0 bridgehead atoms. The van der Waals surface area contributed by atoms with Crippen LogP contribution >= 0.6 is 0 Å². The van der Waals surface area contributed by atoms with Crippen LogP contribution in [0.3, 0.4) is 0 Å². The number of hydrazone groups is 1. The first-order valence-corrected chi connectivity index (χ1v) is 11.1. The van der Waals surface area contributed by atoms with E-state index in [0.717, 1.165) is 22.4 Å². The lowest BCUT2D eigenvalue weighted by Gasteiger charge is -2.11. The van der Waals surface area contributed by atoms with Gasteiger partial charge in [-0.25, -0.2) is 5.43 Å². The monoisotopic (exact) mass is 470 g/mol. The number of carbonyl (C=O) groups is 1. The molecule has 3 aromatic carbocycles. The Hall–Kier alpha value is -4.59. The Balaban J connectivity index is 1.37. The van der Waals surface area contributed by atoms with Crippen LogP contribution < -0.4 is 19.6 Å². The molecule has 0 aliphatic heterocycles. The highest BCUT2D eigenvalue weighted by Gasteiger charge is 2.11. The number of H-pyrrole nitrogens is 1. The average Bonchev–Trinajstić information content (AvgIpc) is 3.39. The van der Waals surface area contributed by atoms with Crippen LogP contribution in [0, 0.1) is 0 Å². The maximum Gasteiger partial charge on any atom is 0.289 e. The number of ether oxygens (including phenoxy) is 3. The van der Waals surface area contributed by atoms with E-state index in [9.17, 15) is 4.79 Å². The number of aromatic nitrogens is 2. The molecule has 0 radical (unpaired) electrons. The van der Waals surface area contributed by atoms with E-state index < -0.39 is 5.91 Å². The molecule has 1 heterocycles. The molecule has 0 spiro atoms. The molecule has 8 heteroatoms. The van der Waals surface area contributed by atoms with E-state index in [2.05, 4.69) is 20.7 Å². The van der Waals surface area contributed by atoms with Crippen LogP contribution in [-0.4, -0.2) is 36.0 Å². The molecular weight excluding hydrogens is 444 g/mol. The Bertz CT molecular complexity index is 1280. The van der Waals surface area contributed by atoms with Crippen molar-refractivity contribution in [3.8, 4) is 28.5 Å². The number of hydrogen-bond acceptors (Lipinski definition) is 6. The number of nitrogens with zero attached hydrogens (tertiary/aromatic N) is 2. The lowest BCUT2D eigenvalue weighted by Crippen LogP contribution is -2.18. The van der Waals surface area contributed by atoms with Gasteiger partial charge in [0.15, 0.2) is 11.5 Å². The van der Waals surface area contributed by atoms with Gasteiger partial charge in [-0.05, 0) is 66.6 Å². The van der Waals surface area contributed by atoms with Crippen molar-refractivity contribution in [1.29, 1.82) is 0 Å². The fourth-order valence-corrected chi connectivity index (χ4v) is 3.32. The summed E-state index contributed by atoms with van der Waals surface area (Å²) >= 11 is 0. The summed E-state index contributed by atoms with van der Waals surface area (Å²) in [5.74, 6) is 1.58. The van der Waals surface area contributed by atoms with Crippen LogP contribution in [0.4, 0.5) is 0 Å². The summed E-state index contributed by atoms with van der Waals surface area (Å²) < 4.78 is 16.8. The summed E-state index contributed by atoms with van der Waals surface area (Å²) in [6.45, 7) is 2.94. The molecule has 4 aromatic rings. The first-order valence-electron chi connectivity index (χ1n) is 11.1. The minimum absolute atomic E-state index is 0.299. The fourth-order valence-electron chi connectivity index (χ4n) is 3.32. The first kappa shape index (κ1) is 23.6. The highest BCUT2D eigenvalue weighted by atomic mass is 16.5. The number of rotatable bonds is 10. The molecule has 1 aromatic heterocycles. The maximum atomic E-state index is 12.5.